The van der Waals surface area contributed by atoms with Crippen molar-refractivity contribution in [2.45, 2.75) is 51.2 Å². The first-order chi connectivity index (χ1) is 18.8. The van der Waals surface area contributed by atoms with Gasteiger partial charge in [0.05, 0.1) is 12.1 Å². The molecule has 0 radical (unpaired) electrons. The van der Waals surface area contributed by atoms with Gasteiger partial charge in [-0.1, -0.05) is 41.4 Å². The van der Waals surface area contributed by atoms with Crippen molar-refractivity contribution in [3.63, 3.8) is 0 Å². The summed E-state index contributed by atoms with van der Waals surface area (Å²) in [4.78, 5) is 46.7. The lowest BCUT2D eigenvalue weighted by Gasteiger charge is -2.52. The summed E-state index contributed by atoms with van der Waals surface area (Å²) in [5, 5.41) is 3.23. The van der Waals surface area contributed by atoms with E-state index in [0.717, 1.165) is 17.7 Å². The Morgan fingerprint density at radius 3 is 2.55 bits per heavy atom. The Morgan fingerprint density at radius 2 is 1.88 bits per heavy atom. The number of fused-ring (bicyclic) bond motifs is 1. The molecule has 8 nitrogen and oxygen atoms in total. The smallest absolute Gasteiger partial charge is 0.334 e. The van der Waals surface area contributed by atoms with Crippen LogP contribution in [0.3, 0.4) is 0 Å². The molecule has 2 aromatic carbocycles. The van der Waals surface area contributed by atoms with Gasteiger partial charge in [-0.25, -0.2) is 4.79 Å². The highest BCUT2D eigenvalue weighted by atomic mass is 35.5. The molecule has 2 heterocycles. The summed E-state index contributed by atoms with van der Waals surface area (Å²) in [5.41, 5.74) is 0.707. The number of nitrogens with one attached hydrogen (secondary N) is 1. The molecule has 2 aliphatic heterocycles. The number of urea groups is 1. The van der Waals surface area contributed by atoms with Crippen LogP contribution in [-0.4, -0.2) is 83.4 Å². The van der Waals surface area contributed by atoms with Gasteiger partial charge >= 0.3 is 12.2 Å². The van der Waals surface area contributed by atoms with Crippen molar-refractivity contribution in [2.75, 3.05) is 33.7 Å². The molecule has 2 aromatic rings. The molecular weight excluding hydrogens is 547 g/mol. The lowest BCUT2D eigenvalue weighted by atomic mass is 10.0. The van der Waals surface area contributed by atoms with Crippen LogP contribution in [-0.2, 0) is 28.9 Å². The minimum atomic E-state index is -4.50. The van der Waals surface area contributed by atoms with Crippen molar-refractivity contribution >= 4 is 29.4 Å². The number of halogens is 4. The third kappa shape index (κ3) is 6.69. The van der Waals surface area contributed by atoms with Gasteiger partial charge in [-0.2, -0.15) is 13.2 Å². The molecule has 0 aromatic heterocycles. The second kappa shape index (κ2) is 12.1. The third-order valence-corrected chi connectivity index (χ3v) is 7.56. The Hall–Kier alpha value is -3.31. The van der Waals surface area contributed by atoms with Gasteiger partial charge in [0.15, 0.2) is 0 Å². The summed E-state index contributed by atoms with van der Waals surface area (Å²) in [6, 6.07) is 9.55. The Bertz CT molecular complexity index is 1270. The van der Waals surface area contributed by atoms with Gasteiger partial charge < -0.3 is 24.9 Å². The van der Waals surface area contributed by atoms with E-state index in [9.17, 15) is 27.6 Å². The molecule has 0 aliphatic carbocycles. The predicted octanol–water partition coefficient (Wildman–Crippen LogP) is 4.10. The van der Waals surface area contributed by atoms with E-state index in [1.165, 1.54) is 9.80 Å². The molecule has 0 spiro atoms. The van der Waals surface area contributed by atoms with Crippen LogP contribution in [0.4, 0.5) is 18.0 Å². The molecular formula is C28H33ClF3N5O3. The van der Waals surface area contributed by atoms with Crippen LogP contribution in [0.2, 0.25) is 5.02 Å². The first kappa shape index (κ1) is 29.7. The Kier molecular flexibility index (Phi) is 8.94. The predicted molar refractivity (Wildman–Crippen MR) is 144 cm³/mol. The number of nitrogens with zero attached hydrogens (tertiary/aromatic N) is 4. The number of hydrogen-bond acceptors (Lipinski definition) is 4. The average molecular weight is 580 g/mol. The van der Waals surface area contributed by atoms with E-state index in [-0.39, 0.29) is 44.4 Å². The van der Waals surface area contributed by atoms with Crippen LogP contribution < -0.4 is 5.32 Å². The van der Waals surface area contributed by atoms with Crippen LogP contribution in [0.15, 0.2) is 42.5 Å². The number of hydrogen-bond donors (Lipinski definition) is 1. The maximum atomic E-state index is 13.6. The summed E-state index contributed by atoms with van der Waals surface area (Å²) in [7, 11) is 3.75. The highest BCUT2D eigenvalue weighted by molar-refractivity contribution is 6.31. The number of carbonyl (C=O) groups is 3. The molecule has 12 heteroatoms. The fourth-order valence-electron chi connectivity index (χ4n) is 5.26. The van der Waals surface area contributed by atoms with Crippen molar-refractivity contribution in [1.29, 1.82) is 0 Å². The fourth-order valence-corrected chi connectivity index (χ4v) is 5.45. The Morgan fingerprint density at radius 1 is 1.15 bits per heavy atom. The first-order valence-electron chi connectivity index (χ1n) is 13.1. The zero-order chi connectivity index (χ0) is 29.2. The lowest BCUT2D eigenvalue weighted by molar-refractivity contribution is -0.167. The third-order valence-electron chi connectivity index (χ3n) is 7.19. The van der Waals surface area contributed by atoms with Gasteiger partial charge in [0.1, 0.15) is 12.2 Å². The zero-order valence-electron chi connectivity index (χ0n) is 22.7. The van der Waals surface area contributed by atoms with Crippen molar-refractivity contribution < 1.29 is 27.6 Å². The fraction of sp³-hybridized carbons (Fsp3) is 0.464. The number of amides is 4. The molecule has 0 saturated carbocycles. The summed E-state index contributed by atoms with van der Waals surface area (Å²) < 4.78 is 39.8. The second-order valence-corrected chi connectivity index (χ2v) is 10.9. The quantitative estimate of drug-likeness (QED) is 0.536. The van der Waals surface area contributed by atoms with Crippen LogP contribution >= 0.6 is 11.6 Å². The summed E-state index contributed by atoms with van der Waals surface area (Å²) in [6.07, 6.45) is -4.80. The van der Waals surface area contributed by atoms with Crippen LogP contribution in [0.5, 0.6) is 0 Å². The van der Waals surface area contributed by atoms with Crippen LogP contribution in [0, 0.1) is 6.92 Å². The number of alkyl halides is 3. The first-order valence-corrected chi connectivity index (χ1v) is 13.4. The number of carbonyl (C=O) groups excluding carboxylic acids is 3. The van der Waals surface area contributed by atoms with Gasteiger partial charge in [-0.15, -0.1) is 0 Å². The molecule has 4 amide bonds. The van der Waals surface area contributed by atoms with E-state index >= 15 is 0 Å². The molecule has 2 saturated heterocycles. The minimum Gasteiger partial charge on any atom is -0.334 e. The Labute approximate surface area is 236 Å². The molecule has 2 aliphatic rings. The Balaban J connectivity index is 1.57. The van der Waals surface area contributed by atoms with E-state index in [0.29, 0.717) is 29.1 Å². The highest BCUT2D eigenvalue weighted by Crippen LogP contribution is 2.31. The summed E-state index contributed by atoms with van der Waals surface area (Å²) >= 11 is 6.37. The van der Waals surface area contributed by atoms with E-state index in [2.05, 4.69) is 5.32 Å². The van der Waals surface area contributed by atoms with E-state index in [1.807, 2.05) is 31.1 Å². The number of rotatable bonds is 7. The molecule has 0 unspecified atom stereocenters. The van der Waals surface area contributed by atoms with Gasteiger partial charge in [0.25, 0.3) is 0 Å². The maximum absolute atomic E-state index is 13.6. The highest BCUT2D eigenvalue weighted by Gasteiger charge is 2.48. The molecule has 0 bridgehead atoms. The largest absolute Gasteiger partial charge is 0.416 e. The maximum Gasteiger partial charge on any atom is 0.416 e. The zero-order valence-corrected chi connectivity index (χ0v) is 23.4. The lowest BCUT2D eigenvalue weighted by Crippen LogP contribution is -2.72. The summed E-state index contributed by atoms with van der Waals surface area (Å²) in [6.45, 7) is 2.43. The molecule has 1 N–H and O–H groups in total. The molecule has 40 heavy (non-hydrogen) atoms. The van der Waals surface area contributed by atoms with E-state index in [1.54, 1.807) is 30.0 Å². The van der Waals surface area contributed by atoms with Gasteiger partial charge in [-0.3, -0.25) is 9.59 Å². The molecule has 4 rings (SSSR count). The van der Waals surface area contributed by atoms with Crippen LogP contribution in [0.1, 0.15) is 35.1 Å². The van der Waals surface area contributed by atoms with Crippen molar-refractivity contribution in [3.8, 4) is 0 Å². The van der Waals surface area contributed by atoms with E-state index < -0.39 is 30.0 Å². The number of benzene rings is 2. The SMILES string of the molecule is Cc1cc(CNC(=O)N2CCC(=O)N3[C@@H]2CN(Cc2ccccc2Cl)C(=O)[C@@H]3CCN(C)C)cc(C(F)(F)F)c1. The minimum absolute atomic E-state index is 0.0445. The van der Waals surface area contributed by atoms with Gasteiger partial charge in [0, 0.05) is 31.1 Å². The normalized spacial score (nSPS) is 19.8. The standard InChI is InChI=1S/C28H33ClF3N5O3/c1-18-12-19(14-21(13-18)28(30,31)32)15-33-27(40)36-11-9-25(38)37-23(8-10-34(2)3)26(39)35(17-24(36)37)16-20-6-4-5-7-22(20)29/h4-7,12-14,23-24H,8-11,15-17H2,1-3H3,(H,33,40)/t23-,24+/m0/s1. The topological polar surface area (TPSA) is 76.2 Å². The monoisotopic (exact) mass is 579 g/mol. The van der Waals surface area contributed by atoms with Crippen molar-refractivity contribution in [1.82, 2.24) is 24.9 Å². The van der Waals surface area contributed by atoms with Crippen molar-refractivity contribution in [3.05, 3.63) is 69.7 Å². The van der Waals surface area contributed by atoms with Gasteiger partial charge in [0.2, 0.25) is 11.8 Å². The molecule has 2 fully saturated rings. The molecule has 2 atom stereocenters. The number of piperazine rings is 1. The van der Waals surface area contributed by atoms with E-state index in [4.69, 9.17) is 11.6 Å². The second-order valence-electron chi connectivity index (χ2n) is 10.5. The van der Waals surface area contributed by atoms with Crippen molar-refractivity contribution in [2.24, 2.45) is 0 Å². The average Bonchev–Trinajstić information content (AvgIpc) is 2.88. The summed E-state index contributed by atoms with van der Waals surface area (Å²) in [5.74, 6) is -0.426. The number of aryl methyl sites for hydroxylation is 1. The van der Waals surface area contributed by atoms with Gasteiger partial charge in [-0.05, 0) is 63.3 Å². The van der Waals surface area contributed by atoms with Crippen LogP contribution in [0.25, 0.3) is 0 Å². The molecule has 216 valence electrons.